The van der Waals surface area contributed by atoms with Crippen molar-refractivity contribution < 1.29 is 18.4 Å². The summed E-state index contributed by atoms with van der Waals surface area (Å²) < 4.78 is 26.4. The fourth-order valence-corrected chi connectivity index (χ4v) is 2.66. The average molecular weight is 395 g/mol. The summed E-state index contributed by atoms with van der Waals surface area (Å²) in [4.78, 5) is 25.7. The monoisotopic (exact) mass is 394 g/mol. The Morgan fingerprint density at radius 3 is 2.41 bits per heavy atom. The molecule has 0 radical (unpaired) electrons. The van der Waals surface area contributed by atoms with Crippen molar-refractivity contribution in [3.05, 3.63) is 70.2 Å². The third kappa shape index (κ3) is 5.76. The zero-order valence-corrected chi connectivity index (χ0v) is 15.9. The van der Waals surface area contributed by atoms with Gasteiger partial charge in [-0.1, -0.05) is 17.7 Å². The average Bonchev–Trinajstić information content (AvgIpc) is 2.66. The van der Waals surface area contributed by atoms with E-state index in [0.29, 0.717) is 29.1 Å². The van der Waals surface area contributed by atoms with E-state index < -0.39 is 17.7 Å². The summed E-state index contributed by atoms with van der Waals surface area (Å²) in [6, 6.07) is 9.72. The highest BCUT2D eigenvalue weighted by atomic mass is 35.5. The Labute approximate surface area is 162 Å². The predicted molar refractivity (Wildman–Crippen MR) is 101 cm³/mol. The van der Waals surface area contributed by atoms with Gasteiger partial charge in [-0.2, -0.15) is 0 Å². The van der Waals surface area contributed by atoms with E-state index in [1.54, 1.807) is 38.2 Å². The minimum absolute atomic E-state index is 0.145. The number of nitrogens with one attached hydrogen (secondary N) is 1. The summed E-state index contributed by atoms with van der Waals surface area (Å²) >= 11 is 5.78. The molecule has 1 atom stereocenters. The Kier molecular flexibility index (Phi) is 7.30. The Hall–Kier alpha value is -2.47. The zero-order chi connectivity index (χ0) is 20.0. The van der Waals surface area contributed by atoms with Gasteiger partial charge in [0.2, 0.25) is 5.91 Å². The molecule has 0 bridgehead atoms. The van der Waals surface area contributed by atoms with Crippen LogP contribution in [0.2, 0.25) is 5.02 Å². The van der Waals surface area contributed by atoms with Crippen LogP contribution >= 0.6 is 11.6 Å². The van der Waals surface area contributed by atoms with Crippen LogP contribution in [0, 0.1) is 11.6 Å². The van der Waals surface area contributed by atoms with Crippen LogP contribution in [0.25, 0.3) is 0 Å². The van der Waals surface area contributed by atoms with Crippen molar-refractivity contribution in [2.75, 3.05) is 13.6 Å². The van der Waals surface area contributed by atoms with Gasteiger partial charge in [0.1, 0.15) is 0 Å². The first kappa shape index (κ1) is 20.8. The van der Waals surface area contributed by atoms with E-state index in [9.17, 15) is 18.4 Å². The van der Waals surface area contributed by atoms with Crippen molar-refractivity contribution in [1.29, 1.82) is 0 Å². The molecule has 2 aromatic rings. The van der Waals surface area contributed by atoms with E-state index >= 15 is 0 Å². The maximum Gasteiger partial charge on any atom is 0.251 e. The van der Waals surface area contributed by atoms with Gasteiger partial charge in [0.15, 0.2) is 11.6 Å². The summed E-state index contributed by atoms with van der Waals surface area (Å²) in [7, 11) is 1.61. The van der Waals surface area contributed by atoms with Gasteiger partial charge in [-0.05, 0) is 55.3 Å². The van der Waals surface area contributed by atoms with E-state index in [1.165, 1.54) is 11.0 Å². The first-order chi connectivity index (χ1) is 12.8. The van der Waals surface area contributed by atoms with Crippen molar-refractivity contribution >= 4 is 23.4 Å². The van der Waals surface area contributed by atoms with Gasteiger partial charge < -0.3 is 10.2 Å². The molecule has 2 rings (SSSR count). The molecule has 0 heterocycles. The number of amides is 2. The van der Waals surface area contributed by atoms with E-state index in [1.807, 2.05) is 0 Å². The van der Waals surface area contributed by atoms with Crippen LogP contribution in [-0.2, 0) is 4.79 Å². The molecule has 2 amide bonds. The number of hydrogen-bond donors (Lipinski definition) is 1. The number of carbonyl (C=O) groups is 2. The Bertz CT molecular complexity index is 812. The number of nitrogens with zero attached hydrogens (tertiary/aromatic N) is 1. The SMILES string of the molecule is C[C@@H](c1ccc(F)c(F)c1)N(C)C(=O)CCCNC(=O)c1ccc(Cl)cc1. The van der Waals surface area contributed by atoms with Crippen LogP contribution in [0.1, 0.15) is 41.7 Å². The lowest BCUT2D eigenvalue weighted by Gasteiger charge is -2.25. The molecule has 0 aromatic heterocycles. The number of rotatable bonds is 7. The summed E-state index contributed by atoms with van der Waals surface area (Å²) in [6.45, 7) is 2.09. The Morgan fingerprint density at radius 2 is 1.78 bits per heavy atom. The van der Waals surface area contributed by atoms with Gasteiger partial charge in [0.05, 0.1) is 6.04 Å². The van der Waals surface area contributed by atoms with Gasteiger partial charge in [0.25, 0.3) is 5.91 Å². The van der Waals surface area contributed by atoms with Gasteiger partial charge in [0, 0.05) is 30.6 Å². The van der Waals surface area contributed by atoms with Crippen LogP contribution in [0.5, 0.6) is 0 Å². The zero-order valence-electron chi connectivity index (χ0n) is 15.1. The number of halogens is 3. The van der Waals surface area contributed by atoms with Gasteiger partial charge in [-0.3, -0.25) is 9.59 Å². The fraction of sp³-hybridized carbons (Fsp3) is 0.300. The van der Waals surface area contributed by atoms with Gasteiger partial charge >= 0.3 is 0 Å². The number of carbonyl (C=O) groups excluding carboxylic acids is 2. The second-order valence-corrected chi connectivity index (χ2v) is 6.66. The minimum atomic E-state index is -0.940. The second-order valence-electron chi connectivity index (χ2n) is 6.22. The molecule has 144 valence electrons. The third-order valence-corrected chi connectivity index (χ3v) is 4.61. The van der Waals surface area contributed by atoms with Gasteiger partial charge in [-0.25, -0.2) is 8.78 Å². The highest BCUT2D eigenvalue weighted by molar-refractivity contribution is 6.30. The number of benzene rings is 2. The lowest BCUT2D eigenvalue weighted by atomic mass is 10.1. The molecule has 0 saturated heterocycles. The Morgan fingerprint density at radius 1 is 1.11 bits per heavy atom. The second kappa shape index (κ2) is 9.46. The molecule has 0 aliphatic carbocycles. The van der Waals surface area contributed by atoms with Crippen LogP contribution in [0.3, 0.4) is 0 Å². The fourth-order valence-electron chi connectivity index (χ4n) is 2.53. The van der Waals surface area contributed by atoms with Crippen LogP contribution in [0.15, 0.2) is 42.5 Å². The maximum atomic E-state index is 13.4. The molecule has 4 nitrogen and oxygen atoms in total. The molecular weight excluding hydrogens is 374 g/mol. The molecular formula is C20H21ClF2N2O2. The minimum Gasteiger partial charge on any atom is -0.352 e. The van der Waals surface area contributed by atoms with E-state index in [4.69, 9.17) is 11.6 Å². The first-order valence-corrected chi connectivity index (χ1v) is 8.91. The van der Waals surface area contributed by atoms with E-state index in [2.05, 4.69) is 5.32 Å². The van der Waals surface area contributed by atoms with Crippen LogP contribution < -0.4 is 5.32 Å². The summed E-state index contributed by atoms with van der Waals surface area (Å²) in [6.07, 6.45) is 0.693. The summed E-state index contributed by atoms with van der Waals surface area (Å²) in [5, 5.41) is 3.29. The molecule has 1 N–H and O–H groups in total. The molecule has 27 heavy (non-hydrogen) atoms. The molecule has 2 aromatic carbocycles. The van der Waals surface area contributed by atoms with Crippen LogP contribution in [0.4, 0.5) is 8.78 Å². The molecule has 0 aliphatic rings. The van der Waals surface area contributed by atoms with E-state index in [0.717, 1.165) is 12.1 Å². The third-order valence-electron chi connectivity index (χ3n) is 4.36. The van der Waals surface area contributed by atoms with Crippen molar-refractivity contribution in [3.63, 3.8) is 0 Å². The predicted octanol–water partition coefficient (Wildman–Crippen LogP) is 4.35. The molecule has 0 aliphatic heterocycles. The topological polar surface area (TPSA) is 49.4 Å². The molecule has 7 heteroatoms. The highest BCUT2D eigenvalue weighted by Gasteiger charge is 2.18. The standard InChI is InChI=1S/C20H21ClF2N2O2/c1-13(15-7-10-17(22)18(23)12-15)25(2)19(26)4-3-11-24-20(27)14-5-8-16(21)9-6-14/h5-10,12-13H,3-4,11H2,1-2H3,(H,24,27)/t13-/m0/s1. The molecule has 0 saturated carbocycles. The summed E-state index contributed by atoms with van der Waals surface area (Å²) in [5.74, 6) is -2.24. The highest BCUT2D eigenvalue weighted by Crippen LogP contribution is 2.21. The van der Waals surface area contributed by atoms with Crippen molar-refractivity contribution in [1.82, 2.24) is 10.2 Å². The largest absolute Gasteiger partial charge is 0.352 e. The summed E-state index contributed by atoms with van der Waals surface area (Å²) in [5.41, 5.74) is 1.01. The maximum absolute atomic E-state index is 13.4. The molecule has 0 unspecified atom stereocenters. The van der Waals surface area contributed by atoms with E-state index in [-0.39, 0.29) is 18.2 Å². The first-order valence-electron chi connectivity index (χ1n) is 8.54. The lowest BCUT2D eigenvalue weighted by molar-refractivity contribution is -0.131. The number of hydrogen-bond acceptors (Lipinski definition) is 2. The Balaban J connectivity index is 1.79. The van der Waals surface area contributed by atoms with Gasteiger partial charge in [-0.15, -0.1) is 0 Å². The van der Waals surface area contributed by atoms with Crippen LogP contribution in [-0.4, -0.2) is 30.3 Å². The smallest absolute Gasteiger partial charge is 0.251 e. The normalized spacial score (nSPS) is 11.7. The molecule has 0 fully saturated rings. The van der Waals surface area contributed by atoms with Crippen molar-refractivity contribution in [3.8, 4) is 0 Å². The quantitative estimate of drug-likeness (QED) is 0.710. The van der Waals surface area contributed by atoms with Crippen molar-refractivity contribution in [2.45, 2.75) is 25.8 Å². The van der Waals surface area contributed by atoms with Crippen molar-refractivity contribution in [2.24, 2.45) is 0 Å². The lowest BCUT2D eigenvalue weighted by Crippen LogP contribution is -2.31. The molecule has 0 spiro atoms.